The van der Waals surface area contributed by atoms with Crippen LogP contribution >= 0.6 is 11.6 Å². The molecule has 1 fully saturated rings. The van der Waals surface area contributed by atoms with Crippen LogP contribution in [0.25, 0.3) is 0 Å². The molecule has 1 unspecified atom stereocenters. The molecular weight excluding hydrogens is 184 g/mol. The molecule has 0 aromatic carbocycles. The maximum atomic E-state index is 6.22. The predicted molar refractivity (Wildman–Crippen MR) is 52.7 cm³/mol. The van der Waals surface area contributed by atoms with Crippen LogP contribution in [-0.2, 0) is 6.42 Å². The van der Waals surface area contributed by atoms with Crippen molar-refractivity contribution in [2.24, 2.45) is 11.1 Å². The number of aromatic amines is 1. The zero-order chi connectivity index (χ0) is 9.05. The van der Waals surface area contributed by atoms with E-state index in [1.807, 2.05) is 6.20 Å². The van der Waals surface area contributed by atoms with Crippen LogP contribution in [0.5, 0.6) is 0 Å². The van der Waals surface area contributed by atoms with E-state index in [9.17, 15) is 0 Å². The Labute approximate surface area is 82.5 Å². The number of H-pyrrole nitrogens is 1. The Morgan fingerprint density at radius 2 is 2.23 bits per heavy atom. The molecule has 3 heteroatoms. The Morgan fingerprint density at radius 1 is 1.46 bits per heavy atom. The number of hydrogen-bond acceptors (Lipinski definition) is 1. The van der Waals surface area contributed by atoms with Crippen molar-refractivity contribution in [3.05, 3.63) is 22.5 Å². The van der Waals surface area contributed by atoms with Gasteiger partial charge in [0.1, 0.15) is 5.15 Å². The summed E-state index contributed by atoms with van der Waals surface area (Å²) >= 11 is 6.03. The summed E-state index contributed by atoms with van der Waals surface area (Å²) in [5.41, 5.74) is 9.18. The van der Waals surface area contributed by atoms with E-state index in [4.69, 9.17) is 17.3 Å². The number of hydrogen-bond donors (Lipinski definition) is 2. The quantitative estimate of drug-likeness (QED) is 0.658. The van der Waals surface area contributed by atoms with E-state index >= 15 is 0 Å². The van der Waals surface area contributed by atoms with Gasteiger partial charge in [-0.2, -0.15) is 0 Å². The fraction of sp³-hybridized carbons (Fsp3) is 0.600. The van der Waals surface area contributed by atoms with E-state index in [-0.39, 0.29) is 6.04 Å². The summed E-state index contributed by atoms with van der Waals surface area (Å²) in [6.45, 7) is 0. The zero-order valence-electron chi connectivity index (χ0n) is 7.44. The van der Waals surface area contributed by atoms with E-state index in [0.717, 1.165) is 11.6 Å². The first-order valence-corrected chi connectivity index (χ1v) is 5.22. The first-order valence-electron chi connectivity index (χ1n) is 4.84. The maximum Gasteiger partial charge on any atom is 0.109 e. The largest absolute Gasteiger partial charge is 0.352 e. The SMILES string of the molecule is NC1c2c[nH]c(Cl)c2CCC12CC2. The van der Waals surface area contributed by atoms with E-state index in [1.54, 1.807) is 0 Å². The van der Waals surface area contributed by atoms with Gasteiger partial charge in [-0.15, -0.1) is 0 Å². The average molecular weight is 197 g/mol. The van der Waals surface area contributed by atoms with Gasteiger partial charge in [0.25, 0.3) is 0 Å². The van der Waals surface area contributed by atoms with Crippen LogP contribution in [0.15, 0.2) is 6.20 Å². The first kappa shape index (κ1) is 7.89. The monoisotopic (exact) mass is 196 g/mol. The maximum absolute atomic E-state index is 6.22. The molecule has 0 aliphatic heterocycles. The second-order valence-corrected chi connectivity index (χ2v) is 4.75. The second-order valence-electron chi connectivity index (χ2n) is 4.38. The topological polar surface area (TPSA) is 41.8 Å². The fourth-order valence-electron chi connectivity index (χ4n) is 2.55. The van der Waals surface area contributed by atoms with Crippen molar-refractivity contribution < 1.29 is 0 Å². The van der Waals surface area contributed by atoms with Gasteiger partial charge in [0.2, 0.25) is 0 Å². The Morgan fingerprint density at radius 3 is 2.92 bits per heavy atom. The lowest BCUT2D eigenvalue weighted by molar-refractivity contribution is 0.356. The van der Waals surface area contributed by atoms with Gasteiger partial charge >= 0.3 is 0 Å². The third-order valence-electron chi connectivity index (χ3n) is 3.73. The van der Waals surface area contributed by atoms with Gasteiger partial charge in [-0.25, -0.2) is 0 Å². The van der Waals surface area contributed by atoms with Crippen LogP contribution in [0, 0.1) is 5.41 Å². The van der Waals surface area contributed by atoms with Crippen molar-refractivity contribution in [1.29, 1.82) is 0 Å². The van der Waals surface area contributed by atoms with Crippen molar-refractivity contribution >= 4 is 11.6 Å². The van der Waals surface area contributed by atoms with Gasteiger partial charge in [-0.05, 0) is 42.2 Å². The molecule has 70 valence electrons. The summed E-state index contributed by atoms with van der Waals surface area (Å²) in [5, 5.41) is 0.793. The van der Waals surface area contributed by atoms with Gasteiger partial charge in [0.05, 0.1) is 0 Å². The summed E-state index contributed by atoms with van der Waals surface area (Å²) < 4.78 is 0. The third kappa shape index (κ3) is 0.931. The summed E-state index contributed by atoms with van der Waals surface area (Å²) in [6, 6.07) is 0.222. The van der Waals surface area contributed by atoms with E-state index in [1.165, 1.54) is 30.4 Å². The van der Waals surface area contributed by atoms with Crippen molar-refractivity contribution in [2.45, 2.75) is 31.7 Å². The molecule has 2 nitrogen and oxygen atoms in total. The highest BCUT2D eigenvalue weighted by Crippen LogP contribution is 2.60. The van der Waals surface area contributed by atoms with Gasteiger partial charge in [0.15, 0.2) is 0 Å². The molecule has 3 N–H and O–H groups in total. The lowest BCUT2D eigenvalue weighted by atomic mass is 9.80. The highest BCUT2D eigenvalue weighted by Gasteiger charge is 2.50. The third-order valence-corrected chi connectivity index (χ3v) is 4.06. The van der Waals surface area contributed by atoms with Crippen LogP contribution < -0.4 is 5.73 Å². The first-order chi connectivity index (χ1) is 6.23. The van der Waals surface area contributed by atoms with Crippen molar-refractivity contribution in [3.63, 3.8) is 0 Å². The minimum absolute atomic E-state index is 0.222. The molecule has 1 aromatic rings. The predicted octanol–water partition coefficient (Wildman–Crippen LogP) is 2.39. The normalized spacial score (nSPS) is 28.9. The van der Waals surface area contributed by atoms with Gasteiger partial charge in [-0.1, -0.05) is 11.6 Å². The molecule has 0 radical (unpaired) electrons. The fourth-order valence-corrected chi connectivity index (χ4v) is 2.81. The van der Waals surface area contributed by atoms with Gasteiger partial charge in [-0.3, -0.25) is 0 Å². The van der Waals surface area contributed by atoms with E-state index < -0.39 is 0 Å². The van der Waals surface area contributed by atoms with Gasteiger partial charge < -0.3 is 10.7 Å². The molecule has 0 bridgehead atoms. The molecule has 3 rings (SSSR count). The molecule has 0 saturated heterocycles. The van der Waals surface area contributed by atoms with E-state index in [0.29, 0.717) is 5.41 Å². The highest BCUT2D eigenvalue weighted by atomic mass is 35.5. The molecule has 13 heavy (non-hydrogen) atoms. The minimum atomic E-state index is 0.222. The Bertz CT molecular complexity index is 352. The number of rotatable bonds is 0. The second kappa shape index (κ2) is 2.31. The number of halogens is 1. The summed E-state index contributed by atoms with van der Waals surface area (Å²) in [7, 11) is 0. The molecule has 2 aliphatic carbocycles. The van der Waals surface area contributed by atoms with Gasteiger partial charge in [0, 0.05) is 12.2 Å². The summed E-state index contributed by atoms with van der Waals surface area (Å²) in [5.74, 6) is 0. The molecule has 0 amide bonds. The number of nitrogens with one attached hydrogen (secondary N) is 1. The summed E-state index contributed by atoms with van der Waals surface area (Å²) in [6.07, 6.45) is 6.92. The highest BCUT2D eigenvalue weighted by molar-refractivity contribution is 6.30. The smallest absolute Gasteiger partial charge is 0.109 e. The van der Waals surface area contributed by atoms with Crippen molar-refractivity contribution in [1.82, 2.24) is 4.98 Å². The minimum Gasteiger partial charge on any atom is -0.352 e. The lowest BCUT2D eigenvalue weighted by Crippen LogP contribution is -2.27. The van der Waals surface area contributed by atoms with Crippen LogP contribution in [-0.4, -0.2) is 4.98 Å². The Balaban J connectivity index is 2.08. The molecule has 1 saturated carbocycles. The van der Waals surface area contributed by atoms with Crippen molar-refractivity contribution in [2.75, 3.05) is 0 Å². The molecule has 1 aromatic heterocycles. The molecule has 2 aliphatic rings. The van der Waals surface area contributed by atoms with Crippen LogP contribution in [0.1, 0.15) is 36.4 Å². The lowest BCUT2D eigenvalue weighted by Gasteiger charge is -2.28. The molecule has 1 atom stereocenters. The zero-order valence-corrected chi connectivity index (χ0v) is 8.19. The summed E-state index contributed by atoms with van der Waals surface area (Å²) in [4.78, 5) is 3.06. The Kier molecular flexibility index (Phi) is 1.40. The number of aromatic nitrogens is 1. The Hall–Kier alpha value is -0.470. The van der Waals surface area contributed by atoms with Crippen molar-refractivity contribution in [3.8, 4) is 0 Å². The number of nitrogens with two attached hydrogens (primary N) is 1. The average Bonchev–Trinajstić information content (AvgIpc) is 2.80. The molecule has 1 heterocycles. The molecule has 1 spiro atoms. The number of fused-ring (bicyclic) bond motifs is 1. The van der Waals surface area contributed by atoms with Crippen LogP contribution in [0.3, 0.4) is 0 Å². The standard InChI is InChI=1S/C10H13ClN2/c11-9-6-1-2-10(3-4-10)8(12)7(6)5-13-9/h5,8,13H,1-4,12H2. The van der Waals surface area contributed by atoms with E-state index in [2.05, 4.69) is 4.98 Å². The molecular formula is C10H13ClN2. The van der Waals surface area contributed by atoms with Crippen LogP contribution in [0.2, 0.25) is 5.15 Å². The van der Waals surface area contributed by atoms with Crippen LogP contribution in [0.4, 0.5) is 0 Å².